The van der Waals surface area contributed by atoms with E-state index in [1.807, 2.05) is 32.0 Å². The van der Waals surface area contributed by atoms with Gasteiger partial charge < -0.3 is 20.1 Å². The lowest BCUT2D eigenvalue weighted by Crippen LogP contribution is -2.37. The summed E-state index contributed by atoms with van der Waals surface area (Å²) in [5.41, 5.74) is 2.15. The molecule has 0 amide bonds. The molecular weight excluding hydrogens is 481 g/mol. The molecule has 0 saturated carbocycles. The quantitative estimate of drug-likeness (QED) is 0.204. The fraction of sp³-hybridized carbons (Fsp3) is 0.611. The first-order chi connectivity index (χ1) is 12.4. The molecule has 0 heterocycles. The Kier molecular flexibility index (Phi) is 13.4. The smallest absolute Gasteiger partial charge is 0.191 e. The summed E-state index contributed by atoms with van der Waals surface area (Å²) >= 11 is 0. The molecule has 1 aromatic carbocycles. The second-order valence-corrected chi connectivity index (χ2v) is 8.25. The van der Waals surface area contributed by atoms with E-state index in [1.165, 1.54) is 6.26 Å². The summed E-state index contributed by atoms with van der Waals surface area (Å²) < 4.78 is 33.4. The van der Waals surface area contributed by atoms with E-state index in [4.69, 9.17) is 9.47 Å². The monoisotopic (exact) mass is 513 g/mol. The number of aliphatic imine (C=N–C) groups is 1. The zero-order valence-electron chi connectivity index (χ0n) is 16.6. The molecule has 0 fully saturated rings. The number of nitrogens with zero attached hydrogens (tertiary/aromatic N) is 1. The third-order valence-electron chi connectivity index (χ3n) is 3.57. The Morgan fingerprint density at radius 2 is 1.96 bits per heavy atom. The van der Waals surface area contributed by atoms with Crippen LogP contribution in [0.3, 0.4) is 0 Å². The van der Waals surface area contributed by atoms with E-state index < -0.39 is 9.84 Å². The summed E-state index contributed by atoms with van der Waals surface area (Å²) in [6.45, 7) is 6.80. The van der Waals surface area contributed by atoms with Crippen molar-refractivity contribution in [3.8, 4) is 5.75 Å². The van der Waals surface area contributed by atoms with Crippen molar-refractivity contribution in [2.75, 3.05) is 45.4 Å². The zero-order chi connectivity index (χ0) is 19.4. The molecule has 0 saturated heterocycles. The molecule has 7 nitrogen and oxygen atoms in total. The van der Waals surface area contributed by atoms with Crippen LogP contribution in [0.1, 0.15) is 24.5 Å². The number of nitrogens with one attached hydrogen (secondary N) is 2. The van der Waals surface area contributed by atoms with Crippen LogP contribution in [-0.2, 0) is 21.1 Å². The van der Waals surface area contributed by atoms with Gasteiger partial charge in [0, 0.05) is 38.6 Å². The topological polar surface area (TPSA) is 89.0 Å². The van der Waals surface area contributed by atoms with E-state index in [0.717, 1.165) is 16.9 Å². The van der Waals surface area contributed by atoms with Crippen molar-refractivity contribution in [3.63, 3.8) is 0 Å². The Morgan fingerprint density at radius 1 is 1.22 bits per heavy atom. The molecule has 0 aliphatic carbocycles. The molecule has 2 N–H and O–H groups in total. The van der Waals surface area contributed by atoms with E-state index in [-0.39, 0.29) is 29.7 Å². The number of benzene rings is 1. The van der Waals surface area contributed by atoms with Crippen molar-refractivity contribution in [3.05, 3.63) is 29.3 Å². The lowest BCUT2D eigenvalue weighted by Gasteiger charge is -2.15. The van der Waals surface area contributed by atoms with Crippen LogP contribution in [0.4, 0.5) is 0 Å². The van der Waals surface area contributed by atoms with Gasteiger partial charge in [-0.1, -0.05) is 12.1 Å². The van der Waals surface area contributed by atoms with Crippen molar-refractivity contribution in [2.45, 2.75) is 26.8 Å². The summed E-state index contributed by atoms with van der Waals surface area (Å²) in [6, 6.07) is 6.06. The van der Waals surface area contributed by atoms with Crippen molar-refractivity contribution >= 4 is 39.8 Å². The minimum absolute atomic E-state index is 0. The third-order valence-corrected chi connectivity index (χ3v) is 4.60. The number of halogens is 1. The van der Waals surface area contributed by atoms with E-state index in [9.17, 15) is 8.42 Å². The lowest BCUT2D eigenvalue weighted by atomic mass is 10.1. The van der Waals surface area contributed by atoms with Gasteiger partial charge in [0.15, 0.2) is 5.96 Å². The fourth-order valence-electron chi connectivity index (χ4n) is 2.24. The van der Waals surface area contributed by atoms with Gasteiger partial charge in [-0.3, -0.25) is 4.99 Å². The first-order valence-electron chi connectivity index (χ1n) is 8.78. The lowest BCUT2D eigenvalue weighted by molar-refractivity contribution is 0.110. The predicted molar refractivity (Wildman–Crippen MR) is 121 cm³/mol. The van der Waals surface area contributed by atoms with Gasteiger partial charge in [0.2, 0.25) is 0 Å². The summed E-state index contributed by atoms with van der Waals surface area (Å²) in [5, 5.41) is 6.34. The van der Waals surface area contributed by atoms with Crippen LogP contribution in [-0.4, -0.2) is 59.8 Å². The fourth-order valence-corrected chi connectivity index (χ4v) is 2.91. The predicted octanol–water partition coefficient (Wildman–Crippen LogP) is 2.13. The normalized spacial score (nSPS) is 11.6. The number of hydrogen-bond donors (Lipinski definition) is 2. The molecule has 9 heteroatoms. The average molecular weight is 513 g/mol. The molecule has 0 spiro atoms. The number of aryl methyl sites for hydroxylation is 1. The Labute approximate surface area is 180 Å². The summed E-state index contributed by atoms with van der Waals surface area (Å²) in [6.07, 6.45) is 1.78. The van der Waals surface area contributed by atoms with Gasteiger partial charge in [0.05, 0.1) is 12.4 Å². The molecule has 156 valence electrons. The van der Waals surface area contributed by atoms with Gasteiger partial charge in [0.1, 0.15) is 22.2 Å². The van der Waals surface area contributed by atoms with Crippen LogP contribution in [0, 0.1) is 6.92 Å². The number of rotatable bonds is 11. The Bertz CT molecular complexity index is 681. The van der Waals surface area contributed by atoms with Gasteiger partial charge >= 0.3 is 0 Å². The number of ether oxygens (including phenoxy) is 2. The van der Waals surface area contributed by atoms with Gasteiger partial charge in [-0.05, 0) is 31.9 Å². The maximum atomic E-state index is 11.2. The van der Waals surface area contributed by atoms with Crippen LogP contribution in [0.15, 0.2) is 23.2 Å². The molecule has 0 radical (unpaired) electrons. The van der Waals surface area contributed by atoms with Gasteiger partial charge in [-0.15, -0.1) is 24.0 Å². The molecule has 0 aliphatic heterocycles. The first-order valence-corrected chi connectivity index (χ1v) is 10.8. The van der Waals surface area contributed by atoms with Crippen LogP contribution in [0.5, 0.6) is 5.75 Å². The van der Waals surface area contributed by atoms with E-state index in [2.05, 4.69) is 15.6 Å². The molecule has 0 atom stereocenters. The van der Waals surface area contributed by atoms with E-state index in [1.54, 1.807) is 7.05 Å². The van der Waals surface area contributed by atoms with Crippen molar-refractivity contribution in [1.29, 1.82) is 0 Å². The molecule has 0 aromatic heterocycles. The average Bonchev–Trinajstić information content (AvgIpc) is 2.58. The minimum atomic E-state index is -2.93. The maximum absolute atomic E-state index is 11.2. The Morgan fingerprint density at radius 3 is 2.59 bits per heavy atom. The maximum Gasteiger partial charge on any atom is 0.191 e. The summed E-state index contributed by atoms with van der Waals surface area (Å²) in [4.78, 5) is 4.15. The van der Waals surface area contributed by atoms with Crippen LogP contribution in [0.25, 0.3) is 0 Å². The highest BCUT2D eigenvalue weighted by molar-refractivity contribution is 14.0. The first kappa shape index (κ1) is 25.9. The molecule has 1 rings (SSSR count). The summed E-state index contributed by atoms with van der Waals surface area (Å²) in [7, 11) is -1.25. The second-order valence-electron chi connectivity index (χ2n) is 5.99. The minimum Gasteiger partial charge on any atom is -0.491 e. The Hall–Kier alpha value is -1.07. The van der Waals surface area contributed by atoms with Crippen LogP contribution < -0.4 is 15.4 Å². The molecule has 0 bridgehead atoms. The van der Waals surface area contributed by atoms with Gasteiger partial charge in [0.25, 0.3) is 0 Å². The molecular formula is C18H32IN3O4S. The second kappa shape index (κ2) is 14.0. The summed E-state index contributed by atoms with van der Waals surface area (Å²) in [5.74, 6) is 1.61. The van der Waals surface area contributed by atoms with Crippen LogP contribution >= 0.6 is 24.0 Å². The molecule has 1 aromatic rings. The zero-order valence-corrected chi connectivity index (χ0v) is 19.7. The number of sulfone groups is 1. The number of guanidine groups is 1. The third kappa shape index (κ3) is 12.1. The van der Waals surface area contributed by atoms with Crippen molar-refractivity contribution < 1.29 is 17.9 Å². The van der Waals surface area contributed by atoms with Gasteiger partial charge in [-0.25, -0.2) is 8.42 Å². The van der Waals surface area contributed by atoms with E-state index >= 15 is 0 Å². The Balaban J connectivity index is 0.00000676. The van der Waals surface area contributed by atoms with Crippen molar-refractivity contribution in [2.24, 2.45) is 4.99 Å². The SMILES string of the molecule is CCOCCOc1cc(C)ccc1CNC(=NC)NCCCS(C)(=O)=O.I. The highest BCUT2D eigenvalue weighted by atomic mass is 127. The van der Waals surface area contributed by atoms with Gasteiger partial charge in [-0.2, -0.15) is 0 Å². The molecule has 0 unspecified atom stereocenters. The standard InChI is InChI=1S/C18H31N3O4S.HI/c1-5-24-10-11-25-17-13-15(2)7-8-16(17)14-21-18(19-3)20-9-6-12-26(4,22)23;/h7-8,13H,5-6,9-12,14H2,1-4H3,(H2,19,20,21);1H. The highest BCUT2D eigenvalue weighted by Crippen LogP contribution is 2.20. The molecule has 0 aliphatic rings. The largest absolute Gasteiger partial charge is 0.491 e. The van der Waals surface area contributed by atoms with Crippen molar-refractivity contribution in [1.82, 2.24) is 10.6 Å². The molecule has 27 heavy (non-hydrogen) atoms. The van der Waals surface area contributed by atoms with E-state index in [0.29, 0.717) is 45.3 Å². The van der Waals surface area contributed by atoms with Crippen LogP contribution in [0.2, 0.25) is 0 Å². The highest BCUT2D eigenvalue weighted by Gasteiger charge is 2.07. The number of hydrogen-bond acceptors (Lipinski definition) is 5.